The maximum Gasteiger partial charge on any atom is 0.146 e. The molecule has 25 heavy (non-hydrogen) atoms. The zero-order valence-corrected chi connectivity index (χ0v) is 17.5. The Morgan fingerprint density at radius 1 is 0.920 bits per heavy atom. The first-order valence-corrected chi connectivity index (χ1v) is 11.3. The number of rotatable bonds is 4. The molecule has 1 N–H and O–H groups in total. The highest BCUT2D eigenvalue weighted by Gasteiger charge is 2.41. The van der Waals surface area contributed by atoms with Gasteiger partial charge < -0.3 is 9.84 Å². The normalized spacial score (nSPS) is 11.9. The highest BCUT2D eigenvalue weighted by molar-refractivity contribution is 6.90. The molecule has 0 radical (unpaired) electrons. The zero-order chi connectivity index (χ0) is 18.8. The van der Waals surface area contributed by atoms with E-state index >= 15 is 0 Å². The average molecular weight is 355 g/mol. The lowest BCUT2D eigenvalue weighted by atomic mass is 10.0. The van der Waals surface area contributed by atoms with Gasteiger partial charge in [0.1, 0.15) is 19.6 Å². The van der Waals surface area contributed by atoms with Gasteiger partial charge in [0.05, 0.1) is 7.11 Å². The molecule has 0 fully saturated rings. The van der Waals surface area contributed by atoms with Crippen LogP contribution < -0.4 is 4.74 Å². The van der Waals surface area contributed by atoms with Crippen molar-refractivity contribution in [2.45, 2.75) is 58.2 Å². The van der Waals surface area contributed by atoms with Crippen LogP contribution >= 0.6 is 0 Å². The standard InChI is InChI=1S/C22H30O2Si/c1-15(2)25(16(3)4,17(5)6)14-13-18-9-8-10-19-21(24-7)12-11-20(23)22(18)19/h8-12,15-17,23H,1-7H3. The molecule has 0 atom stereocenters. The summed E-state index contributed by atoms with van der Waals surface area (Å²) in [6.07, 6.45) is 0. The van der Waals surface area contributed by atoms with Gasteiger partial charge in [-0.25, -0.2) is 0 Å². The van der Waals surface area contributed by atoms with E-state index in [1.165, 1.54) is 0 Å². The SMILES string of the molecule is COc1ccc(O)c2c(C#C[Si](C(C)C)(C(C)C)C(C)C)cccc12. The fourth-order valence-corrected chi connectivity index (χ4v) is 9.47. The van der Waals surface area contributed by atoms with E-state index in [-0.39, 0.29) is 5.75 Å². The van der Waals surface area contributed by atoms with Crippen LogP contribution in [0.5, 0.6) is 11.5 Å². The van der Waals surface area contributed by atoms with Crippen LogP contribution in [0.4, 0.5) is 0 Å². The summed E-state index contributed by atoms with van der Waals surface area (Å²) in [5.41, 5.74) is 6.37. The minimum absolute atomic E-state index is 0.256. The second-order valence-corrected chi connectivity index (χ2v) is 13.2. The van der Waals surface area contributed by atoms with Crippen molar-refractivity contribution in [3.05, 3.63) is 35.9 Å². The van der Waals surface area contributed by atoms with Crippen LogP contribution in [0.2, 0.25) is 16.6 Å². The van der Waals surface area contributed by atoms with Crippen molar-refractivity contribution in [2.75, 3.05) is 7.11 Å². The van der Waals surface area contributed by atoms with Crippen molar-refractivity contribution in [3.63, 3.8) is 0 Å². The third kappa shape index (κ3) is 3.41. The number of hydrogen-bond donors (Lipinski definition) is 1. The average Bonchev–Trinajstić information content (AvgIpc) is 2.54. The smallest absolute Gasteiger partial charge is 0.146 e. The van der Waals surface area contributed by atoms with Crippen molar-refractivity contribution in [3.8, 4) is 23.0 Å². The van der Waals surface area contributed by atoms with Crippen LogP contribution in [0, 0.1) is 11.5 Å². The topological polar surface area (TPSA) is 29.5 Å². The molecule has 2 nitrogen and oxygen atoms in total. The van der Waals surface area contributed by atoms with E-state index in [1.807, 2.05) is 18.2 Å². The predicted octanol–water partition coefficient (Wildman–Crippen LogP) is 6.12. The van der Waals surface area contributed by atoms with Gasteiger partial charge in [-0.3, -0.25) is 0 Å². The van der Waals surface area contributed by atoms with Crippen LogP contribution in [-0.4, -0.2) is 20.3 Å². The highest BCUT2D eigenvalue weighted by atomic mass is 28.3. The molecule has 134 valence electrons. The maximum atomic E-state index is 10.4. The van der Waals surface area contributed by atoms with Gasteiger partial charge in [0, 0.05) is 16.3 Å². The highest BCUT2D eigenvalue weighted by Crippen LogP contribution is 2.41. The van der Waals surface area contributed by atoms with Gasteiger partial charge in [-0.05, 0) is 34.8 Å². The maximum absolute atomic E-state index is 10.4. The lowest BCUT2D eigenvalue weighted by Crippen LogP contribution is -2.43. The molecule has 0 heterocycles. The monoisotopic (exact) mass is 354 g/mol. The first-order valence-electron chi connectivity index (χ1n) is 9.07. The molecule has 0 aliphatic heterocycles. The molecule has 2 rings (SSSR count). The number of benzene rings is 2. The Labute approximate surface area is 153 Å². The first kappa shape index (κ1) is 19.4. The summed E-state index contributed by atoms with van der Waals surface area (Å²) in [5.74, 6) is 4.48. The van der Waals surface area contributed by atoms with Gasteiger partial charge in [-0.1, -0.05) is 59.6 Å². The lowest BCUT2D eigenvalue weighted by molar-refractivity contribution is 0.418. The summed E-state index contributed by atoms with van der Waals surface area (Å²) in [6.45, 7) is 13.9. The Hall–Kier alpha value is -1.92. The third-order valence-electron chi connectivity index (χ3n) is 5.48. The number of hydrogen-bond acceptors (Lipinski definition) is 2. The van der Waals surface area contributed by atoms with Gasteiger partial charge in [-0.15, -0.1) is 5.54 Å². The summed E-state index contributed by atoms with van der Waals surface area (Å²) < 4.78 is 5.45. The number of phenols is 1. The molecule has 0 saturated carbocycles. The van der Waals surface area contributed by atoms with Crippen LogP contribution in [0.1, 0.15) is 47.1 Å². The summed E-state index contributed by atoms with van der Waals surface area (Å²) in [7, 11) is -0.160. The summed E-state index contributed by atoms with van der Waals surface area (Å²) in [6, 6.07) is 9.43. The molecular weight excluding hydrogens is 324 g/mol. The quantitative estimate of drug-likeness (QED) is 0.529. The van der Waals surface area contributed by atoms with E-state index in [1.54, 1.807) is 19.2 Å². The minimum Gasteiger partial charge on any atom is -0.507 e. The number of ether oxygens (including phenoxy) is 1. The van der Waals surface area contributed by atoms with Crippen molar-refractivity contribution in [1.29, 1.82) is 0 Å². The van der Waals surface area contributed by atoms with Crippen LogP contribution in [0.15, 0.2) is 30.3 Å². The van der Waals surface area contributed by atoms with E-state index in [4.69, 9.17) is 4.74 Å². The molecule has 2 aromatic rings. The van der Waals surface area contributed by atoms with Crippen molar-refractivity contribution in [1.82, 2.24) is 0 Å². The van der Waals surface area contributed by atoms with Crippen molar-refractivity contribution in [2.24, 2.45) is 0 Å². The number of aromatic hydroxyl groups is 1. The molecule has 0 bridgehead atoms. The number of fused-ring (bicyclic) bond motifs is 1. The van der Waals surface area contributed by atoms with Gasteiger partial charge in [0.15, 0.2) is 0 Å². The Morgan fingerprint density at radius 3 is 2.04 bits per heavy atom. The summed E-state index contributed by atoms with van der Waals surface area (Å²) in [4.78, 5) is 0. The lowest BCUT2D eigenvalue weighted by Gasteiger charge is -2.38. The minimum atomic E-state index is -1.81. The van der Waals surface area contributed by atoms with E-state index in [0.29, 0.717) is 16.6 Å². The first-order chi connectivity index (χ1) is 11.8. The molecular formula is C22H30O2Si. The predicted molar refractivity (Wildman–Crippen MR) is 110 cm³/mol. The van der Waals surface area contributed by atoms with Crippen LogP contribution in [-0.2, 0) is 0 Å². The molecule has 0 aliphatic rings. The second-order valence-electron chi connectivity index (χ2n) is 7.66. The van der Waals surface area contributed by atoms with Gasteiger partial charge in [0.25, 0.3) is 0 Å². The molecule has 0 aromatic heterocycles. The number of methoxy groups -OCH3 is 1. The largest absolute Gasteiger partial charge is 0.507 e. The van der Waals surface area contributed by atoms with E-state index in [2.05, 4.69) is 53.0 Å². The molecule has 0 unspecified atom stereocenters. The van der Waals surface area contributed by atoms with Crippen LogP contribution in [0.3, 0.4) is 0 Å². The zero-order valence-electron chi connectivity index (χ0n) is 16.5. The number of phenolic OH excluding ortho intramolecular Hbond substituents is 1. The molecule has 2 aromatic carbocycles. The van der Waals surface area contributed by atoms with Gasteiger partial charge in [0.2, 0.25) is 0 Å². The Kier molecular flexibility index (Phi) is 5.85. The molecule has 0 amide bonds. The molecule has 0 saturated heterocycles. The Bertz CT molecular complexity index is 788. The second kappa shape index (κ2) is 7.54. The summed E-state index contributed by atoms with van der Waals surface area (Å²) in [5, 5.41) is 12.1. The molecule has 3 heteroatoms. The third-order valence-corrected chi connectivity index (χ3v) is 11.8. The molecule has 0 aliphatic carbocycles. The Morgan fingerprint density at radius 2 is 1.52 bits per heavy atom. The van der Waals surface area contributed by atoms with Gasteiger partial charge >= 0.3 is 0 Å². The van der Waals surface area contributed by atoms with E-state index < -0.39 is 8.07 Å². The molecule has 0 spiro atoms. The summed E-state index contributed by atoms with van der Waals surface area (Å²) >= 11 is 0. The van der Waals surface area contributed by atoms with E-state index in [9.17, 15) is 5.11 Å². The van der Waals surface area contributed by atoms with E-state index in [0.717, 1.165) is 22.1 Å². The Balaban J connectivity index is 2.71. The fraction of sp³-hybridized carbons (Fsp3) is 0.455. The van der Waals surface area contributed by atoms with Gasteiger partial charge in [-0.2, -0.15) is 0 Å². The van der Waals surface area contributed by atoms with Crippen molar-refractivity contribution < 1.29 is 9.84 Å². The fourth-order valence-electron chi connectivity index (χ4n) is 4.25. The van der Waals surface area contributed by atoms with Crippen molar-refractivity contribution >= 4 is 18.8 Å². The van der Waals surface area contributed by atoms with Crippen LogP contribution in [0.25, 0.3) is 10.8 Å².